The number of aliphatic imine (C=N–C) groups is 1. The number of nitrogens with zero attached hydrogens (tertiary/aromatic N) is 2. The van der Waals surface area contributed by atoms with Crippen LogP contribution in [0.4, 0.5) is 0 Å². The van der Waals surface area contributed by atoms with Gasteiger partial charge in [0.1, 0.15) is 34.0 Å². The van der Waals surface area contributed by atoms with Crippen LogP contribution in [0.15, 0.2) is 250 Å². The fraction of sp³-hybridized carbons (Fsp3) is 0.157. The van der Waals surface area contributed by atoms with Crippen molar-refractivity contribution < 1.29 is 8.83 Å². The van der Waals surface area contributed by atoms with E-state index >= 15 is 0 Å². The molecule has 4 atom stereocenters. The molecule has 3 heterocycles. The highest BCUT2D eigenvalue weighted by molar-refractivity contribution is 6.26. The van der Waals surface area contributed by atoms with E-state index in [-0.39, 0.29) is 5.92 Å². The van der Waals surface area contributed by atoms with Crippen LogP contribution in [-0.4, -0.2) is 23.1 Å². The number of hydrogen-bond donors (Lipinski definition) is 2. The van der Waals surface area contributed by atoms with Crippen LogP contribution in [0.5, 0.6) is 0 Å². The molecule has 0 amide bonds. The zero-order valence-corrected chi connectivity index (χ0v) is 42.9. The number of allylic oxidation sites excluding steroid dienone is 18. The summed E-state index contributed by atoms with van der Waals surface area (Å²) in [5.74, 6) is 0.151. The molecular formula is C70H60N4O2. The highest BCUT2D eigenvalue weighted by Gasteiger charge is 2.34. The van der Waals surface area contributed by atoms with Gasteiger partial charge in [-0.1, -0.05) is 184 Å². The Bertz CT molecular complexity index is 4040. The molecule has 12 rings (SSSR count). The van der Waals surface area contributed by atoms with Crippen LogP contribution in [0.2, 0.25) is 0 Å². The van der Waals surface area contributed by atoms with Crippen molar-refractivity contribution in [1.29, 1.82) is 0 Å². The van der Waals surface area contributed by atoms with Gasteiger partial charge in [-0.3, -0.25) is 10.3 Å². The molecule has 3 N–H and O–H groups in total. The predicted octanol–water partition coefficient (Wildman–Crippen LogP) is 17.1. The molecular weight excluding hydrogens is 929 g/mol. The Hall–Kier alpha value is -8.73. The molecule has 372 valence electrons. The van der Waals surface area contributed by atoms with Gasteiger partial charge in [0.25, 0.3) is 0 Å². The van der Waals surface area contributed by atoms with Crippen molar-refractivity contribution in [3.8, 4) is 0 Å². The van der Waals surface area contributed by atoms with E-state index in [0.717, 1.165) is 131 Å². The summed E-state index contributed by atoms with van der Waals surface area (Å²) < 4.78 is 15.9. The van der Waals surface area contributed by atoms with Gasteiger partial charge in [-0.25, -0.2) is 0 Å². The summed E-state index contributed by atoms with van der Waals surface area (Å²) in [6.45, 7) is 10.3. The van der Waals surface area contributed by atoms with Gasteiger partial charge in [0.05, 0.1) is 22.8 Å². The first kappa shape index (κ1) is 48.2. The normalized spacial score (nSPS) is 18.2. The molecule has 0 saturated heterocycles. The number of nitrogens with two attached hydrogens (primary N) is 1. The van der Waals surface area contributed by atoms with E-state index in [0.29, 0.717) is 12.3 Å². The van der Waals surface area contributed by atoms with Crippen molar-refractivity contribution in [3.05, 3.63) is 265 Å². The Morgan fingerprint density at radius 2 is 1.71 bits per heavy atom. The van der Waals surface area contributed by atoms with Crippen molar-refractivity contribution in [2.75, 3.05) is 0 Å². The molecule has 0 spiro atoms. The molecule has 6 heteroatoms. The van der Waals surface area contributed by atoms with E-state index in [4.69, 9.17) is 19.6 Å². The number of nitrogens with one attached hydrogen (secondary N) is 1. The maximum Gasteiger partial charge on any atom is 0.145 e. The molecule has 76 heavy (non-hydrogen) atoms. The summed E-state index contributed by atoms with van der Waals surface area (Å²) in [7, 11) is 0. The molecule has 0 bridgehead atoms. The molecule has 9 aromatic rings. The third-order valence-electron chi connectivity index (χ3n) is 15.2. The Morgan fingerprint density at radius 1 is 0.868 bits per heavy atom. The first-order chi connectivity index (χ1) is 37.5. The van der Waals surface area contributed by atoms with Gasteiger partial charge in [-0.05, 0) is 120 Å². The van der Waals surface area contributed by atoms with E-state index in [1.807, 2.05) is 36.6 Å². The minimum atomic E-state index is -0.429. The number of para-hydroxylation sites is 1. The SMILES string of the molecule is C=C/C=C(C=C)/C=N/C(NC(N)C1=CC=CCC1)C1C=C(c2ccc(C3C=CC=CC3)cc2)C(n2c3c#cccc3c3c4oc5cc6oc7ccccc7c6cc5c4ccc32)=C(C(/C=C\Cc2ccccc2)=C/CC)C1. The second kappa shape index (κ2) is 21.2. The summed E-state index contributed by atoms with van der Waals surface area (Å²) in [6, 6.07) is 48.1. The van der Waals surface area contributed by atoms with Gasteiger partial charge < -0.3 is 19.1 Å². The van der Waals surface area contributed by atoms with Crippen LogP contribution in [0.3, 0.4) is 0 Å². The maximum atomic E-state index is 7.17. The maximum absolute atomic E-state index is 7.17. The summed E-state index contributed by atoms with van der Waals surface area (Å²) in [5, 5.41) is 10.2. The molecule has 3 aliphatic carbocycles. The Labute approximate surface area is 444 Å². The Kier molecular flexibility index (Phi) is 13.5. The lowest BCUT2D eigenvalue weighted by Crippen LogP contribution is -2.48. The van der Waals surface area contributed by atoms with Crippen LogP contribution < -0.4 is 11.1 Å². The van der Waals surface area contributed by atoms with Crippen molar-refractivity contribution >= 4 is 83.2 Å². The van der Waals surface area contributed by atoms with Gasteiger partial charge in [0.2, 0.25) is 0 Å². The fourth-order valence-corrected chi connectivity index (χ4v) is 11.5. The predicted molar refractivity (Wildman–Crippen MR) is 319 cm³/mol. The van der Waals surface area contributed by atoms with E-state index in [1.54, 1.807) is 6.08 Å². The minimum Gasteiger partial charge on any atom is -0.456 e. The van der Waals surface area contributed by atoms with Crippen molar-refractivity contribution in [2.24, 2.45) is 16.6 Å². The Balaban J connectivity index is 1.11. The second-order valence-electron chi connectivity index (χ2n) is 20.0. The van der Waals surface area contributed by atoms with E-state index in [2.05, 4.69) is 206 Å². The number of furan rings is 2. The smallest absolute Gasteiger partial charge is 0.145 e. The van der Waals surface area contributed by atoms with Crippen LogP contribution in [0, 0.1) is 18.1 Å². The third-order valence-corrected chi connectivity index (χ3v) is 15.2. The minimum absolute atomic E-state index is 0.153. The average molecular weight is 989 g/mol. The largest absolute Gasteiger partial charge is 0.456 e. The van der Waals surface area contributed by atoms with Crippen molar-refractivity contribution in [3.63, 3.8) is 0 Å². The molecule has 0 saturated carbocycles. The molecule has 0 fully saturated rings. The summed E-state index contributed by atoms with van der Waals surface area (Å²) in [6.07, 6.45) is 36.4. The average Bonchev–Trinajstić information content (AvgIpc) is 4.15. The molecule has 6 aromatic carbocycles. The van der Waals surface area contributed by atoms with Crippen LogP contribution in [0.25, 0.3) is 77.0 Å². The molecule has 0 radical (unpaired) electrons. The summed E-state index contributed by atoms with van der Waals surface area (Å²) >= 11 is 0. The highest BCUT2D eigenvalue weighted by Crippen LogP contribution is 2.48. The van der Waals surface area contributed by atoms with Gasteiger partial charge in [-0.15, -0.1) is 0 Å². The number of benzene rings is 5. The second-order valence-corrected chi connectivity index (χ2v) is 20.0. The van der Waals surface area contributed by atoms with Crippen LogP contribution in [0.1, 0.15) is 61.6 Å². The zero-order valence-electron chi connectivity index (χ0n) is 42.9. The lowest BCUT2D eigenvalue weighted by atomic mass is 9.79. The van der Waals surface area contributed by atoms with Crippen molar-refractivity contribution in [2.45, 2.75) is 63.7 Å². The highest BCUT2D eigenvalue weighted by atomic mass is 16.3. The number of aromatic nitrogens is 1. The molecule has 0 aliphatic heterocycles. The number of fused-ring (bicyclic) bond motifs is 10. The first-order valence-corrected chi connectivity index (χ1v) is 26.7. The summed E-state index contributed by atoms with van der Waals surface area (Å²) in [5.41, 5.74) is 22.5. The van der Waals surface area contributed by atoms with Gasteiger partial charge in [-0.2, -0.15) is 0 Å². The fourth-order valence-electron chi connectivity index (χ4n) is 11.5. The van der Waals surface area contributed by atoms with Gasteiger partial charge in [0, 0.05) is 56.6 Å². The lowest BCUT2D eigenvalue weighted by molar-refractivity contribution is 0.385. The number of hydrogen-bond acceptors (Lipinski definition) is 5. The quantitative estimate of drug-likeness (QED) is 0.0574. The lowest BCUT2D eigenvalue weighted by Gasteiger charge is -2.34. The topological polar surface area (TPSA) is 81.6 Å². The first-order valence-electron chi connectivity index (χ1n) is 26.7. The summed E-state index contributed by atoms with van der Waals surface area (Å²) in [4.78, 5) is 5.39. The molecule has 6 nitrogen and oxygen atoms in total. The molecule has 3 aromatic heterocycles. The molecule has 4 unspecified atom stereocenters. The van der Waals surface area contributed by atoms with Gasteiger partial charge in [0.15, 0.2) is 0 Å². The zero-order chi connectivity index (χ0) is 51.5. The van der Waals surface area contributed by atoms with E-state index in [9.17, 15) is 0 Å². The van der Waals surface area contributed by atoms with Crippen LogP contribution in [-0.2, 0) is 6.42 Å². The standard InChI is InChI=1S/C70H60N4O2/c1-4-21-46(6-3)45-72-70(73-69(71)52-28-14-9-15-29-52)53-41-57(50(22-5-2)30-20-25-47-23-10-7-11-24-47)67(58(42-53)51-37-35-49(36-38-51)48-26-12-8-13-27-48)74-61-33-18-16-32-56(61)66-62(74)40-39-55-60-43-59-54-31-17-19-34-63(54)75-64(59)44-65(60)76-68(55)66/h4,6-14,16-17,19-24,26,28,30-32,34-40,42-45,48,53,69-70,73H,1,3,5,15,25,27,29,41,71H2,2H3/b30-20-,46-21+,50-22+,72-45+. The monoisotopic (exact) mass is 988 g/mol. The molecule has 3 aliphatic rings. The van der Waals surface area contributed by atoms with Gasteiger partial charge >= 0.3 is 0 Å². The van der Waals surface area contributed by atoms with E-state index < -0.39 is 12.3 Å². The van der Waals surface area contributed by atoms with Crippen LogP contribution >= 0.6 is 0 Å². The van der Waals surface area contributed by atoms with Crippen molar-refractivity contribution in [1.82, 2.24) is 9.88 Å². The Morgan fingerprint density at radius 3 is 2.51 bits per heavy atom. The number of rotatable bonds is 16. The van der Waals surface area contributed by atoms with E-state index in [1.165, 1.54) is 16.7 Å². The third kappa shape index (κ3) is 9.19.